The van der Waals surface area contributed by atoms with Crippen LogP contribution in [0.3, 0.4) is 0 Å². The summed E-state index contributed by atoms with van der Waals surface area (Å²) in [5, 5.41) is 0.328. The number of nitrogens with zero attached hydrogens (tertiary/aromatic N) is 2. The predicted molar refractivity (Wildman–Crippen MR) is 56.0 cm³/mol. The first kappa shape index (κ1) is 9.90. The summed E-state index contributed by atoms with van der Waals surface area (Å²) in [6.45, 7) is 0. The van der Waals surface area contributed by atoms with E-state index in [-0.39, 0.29) is 5.82 Å². The molecule has 1 saturated carbocycles. The lowest BCUT2D eigenvalue weighted by Gasteiger charge is -2.26. The van der Waals surface area contributed by atoms with Gasteiger partial charge in [-0.05, 0) is 12.8 Å². The fraction of sp³-hybridized carbons (Fsp3) is 0.600. The van der Waals surface area contributed by atoms with Gasteiger partial charge in [0.2, 0.25) is 0 Å². The summed E-state index contributed by atoms with van der Waals surface area (Å²) in [4.78, 5) is 8.03. The zero-order chi connectivity index (χ0) is 9.97. The molecule has 14 heavy (non-hydrogen) atoms. The molecular formula is C10H13FN2S. The van der Waals surface area contributed by atoms with E-state index in [1.54, 1.807) is 0 Å². The number of aromatic nitrogens is 2. The average molecular weight is 212 g/mol. The van der Waals surface area contributed by atoms with Crippen LogP contribution in [0, 0.1) is 5.82 Å². The summed E-state index contributed by atoms with van der Waals surface area (Å²) < 4.78 is 12.6. The van der Waals surface area contributed by atoms with Gasteiger partial charge in [-0.15, -0.1) is 0 Å². The molecule has 1 aromatic heterocycles. The van der Waals surface area contributed by atoms with Gasteiger partial charge in [0.25, 0.3) is 0 Å². The lowest BCUT2D eigenvalue weighted by molar-refractivity contribution is 0.440. The first-order valence-corrected chi connectivity index (χ1v) is 5.44. The maximum Gasteiger partial charge on any atom is 0.159 e. The lowest BCUT2D eigenvalue weighted by Crippen LogP contribution is -2.20. The molecule has 2 nitrogen and oxygen atoms in total. The van der Waals surface area contributed by atoms with Gasteiger partial charge in [-0.25, -0.2) is 14.4 Å². The molecule has 0 saturated heterocycles. The highest BCUT2D eigenvalue weighted by molar-refractivity contribution is 7.81. The second-order valence-electron chi connectivity index (χ2n) is 3.72. The second-order valence-corrected chi connectivity index (χ2v) is 4.38. The summed E-state index contributed by atoms with van der Waals surface area (Å²) in [7, 11) is 0. The summed E-state index contributed by atoms with van der Waals surface area (Å²) in [5.74, 6) is 0.666. The van der Waals surface area contributed by atoms with Crippen LogP contribution in [0.5, 0.6) is 0 Å². The van der Waals surface area contributed by atoms with Gasteiger partial charge in [0.1, 0.15) is 5.82 Å². The summed E-state index contributed by atoms with van der Waals surface area (Å²) in [6, 6.07) is 0. The quantitative estimate of drug-likeness (QED) is 0.724. The van der Waals surface area contributed by atoms with Crippen LogP contribution >= 0.6 is 12.6 Å². The Morgan fingerprint density at radius 3 is 2.50 bits per heavy atom. The molecule has 2 atom stereocenters. The maximum atomic E-state index is 12.6. The van der Waals surface area contributed by atoms with Gasteiger partial charge >= 0.3 is 0 Å². The fourth-order valence-corrected chi connectivity index (χ4v) is 2.39. The Hall–Kier alpha value is -0.640. The molecule has 0 radical (unpaired) electrons. The normalized spacial score (nSPS) is 27.6. The third-order valence-corrected chi connectivity index (χ3v) is 3.32. The molecule has 0 unspecified atom stereocenters. The van der Waals surface area contributed by atoms with E-state index < -0.39 is 0 Å². The van der Waals surface area contributed by atoms with Crippen molar-refractivity contribution in [2.75, 3.05) is 0 Å². The molecule has 1 aliphatic rings. The molecule has 0 amide bonds. The van der Waals surface area contributed by atoms with E-state index in [9.17, 15) is 4.39 Å². The van der Waals surface area contributed by atoms with Crippen LogP contribution in [-0.2, 0) is 0 Å². The minimum atomic E-state index is -0.375. The van der Waals surface area contributed by atoms with Crippen molar-refractivity contribution < 1.29 is 4.39 Å². The highest BCUT2D eigenvalue weighted by Gasteiger charge is 2.25. The summed E-state index contributed by atoms with van der Waals surface area (Å²) >= 11 is 4.52. The van der Waals surface area contributed by atoms with E-state index >= 15 is 0 Å². The van der Waals surface area contributed by atoms with Gasteiger partial charge in [0.05, 0.1) is 12.4 Å². The van der Waals surface area contributed by atoms with E-state index in [1.807, 2.05) is 0 Å². The van der Waals surface area contributed by atoms with E-state index in [2.05, 4.69) is 22.6 Å². The van der Waals surface area contributed by atoms with Crippen molar-refractivity contribution in [2.45, 2.75) is 36.9 Å². The molecule has 2 rings (SSSR count). The van der Waals surface area contributed by atoms with Crippen LogP contribution in [0.4, 0.5) is 4.39 Å². The largest absolute Gasteiger partial charge is 0.238 e. The number of thiol groups is 1. The minimum Gasteiger partial charge on any atom is -0.238 e. The van der Waals surface area contributed by atoms with Crippen molar-refractivity contribution in [1.29, 1.82) is 0 Å². The van der Waals surface area contributed by atoms with Gasteiger partial charge in [0, 0.05) is 11.2 Å². The van der Waals surface area contributed by atoms with Gasteiger partial charge < -0.3 is 0 Å². The third-order valence-electron chi connectivity index (χ3n) is 2.70. The standard InChI is InChI=1S/C10H13FN2S/c11-7-5-12-10(13-6-7)8-3-1-2-4-9(8)14/h5-6,8-9,14H,1-4H2/t8-,9+/m0/s1. The van der Waals surface area contributed by atoms with E-state index in [1.165, 1.54) is 25.2 Å². The smallest absolute Gasteiger partial charge is 0.159 e. The molecule has 0 bridgehead atoms. The zero-order valence-corrected chi connectivity index (χ0v) is 8.75. The Morgan fingerprint density at radius 1 is 1.21 bits per heavy atom. The molecule has 76 valence electrons. The van der Waals surface area contributed by atoms with Gasteiger partial charge in [-0.1, -0.05) is 12.8 Å². The van der Waals surface area contributed by atoms with Crippen molar-refractivity contribution >= 4 is 12.6 Å². The molecule has 0 aromatic carbocycles. The van der Waals surface area contributed by atoms with Crippen molar-refractivity contribution in [3.8, 4) is 0 Å². The molecule has 4 heteroatoms. The first-order chi connectivity index (χ1) is 6.77. The van der Waals surface area contributed by atoms with Crippen molar-refractivity contribution in [2.24, 2.45) is 0 Å². The Labute approximate surface area is 88.4 Å². The topological polar surface area (TPSA) is 25.8 Å². The number of hydrogen-bond acceptors (Lipinski definition) is 3. The minimum absolute atomic E-state index is 0.299. The van der Waals surface area contributed by atoms with Gasteiger partial charge in [0.15, 0.2) is 5.82 Å². The zero-order valence-electron chi connectivity index (χ0n) is 7.86. The fourth-order valence-electron chi connectivity index (χ4n) is 1.93. The monoisotopic (exact) mass is 212 g/mol. The highest BCUT2D eigenvalue weighted by Crippen LogP contribution is 2.34. The predicted octanol–water partition coefficient (Wildman–Crippen LogP) is 2.57. The van der Waals surface area contributed by atoms with Crippen molar-refractivity contribution in [3.05, 3.63) is 24.0 Å². The Kier molecular flexibility index (Phi) is 3.01. The van der Waals surface area contributed by atoms with Crippen LogP contribution in [0.15, 0.2) is 12.4 Å². The van der Waals surface area contributed by atoms with Gasteiger partial charge in [-0.2, -0.15) is 12.6 Å². The summed E-state index contributed by atoms with van der Waals surface area (Å²) in [5.41, 5.74) is 0. The Balaban J connectivity index is 2.16. The third kappa shape index (κ3) is 2.05. The molecule has 1 heterocycles. The molecule has 1 aliphatic carbocycles. The first-order valence-electron chi connectivity index (χ1n) is 4.93. The van der Waals surface area contributed by atoms with Crippen LogP contribution in [-0.4, -0.2) is 15.2 Å². The van der Waals surface area contributed by atoms with E-state index in [4.69, 9.17) is 0 Å². The van der Waals surface area contributed by atoms with Crippen LogP contribution < -0.4 is 0 Å². The van der Waals surface area contributed by atoms with Crippen LogP contribution in [0.1, 0.15) is 37.4 Å². The van der Waals surface area contributed by atoms with Crippen LogP contribution in [0.25, 0.3) is 0 Å². The van der Waals surface area contributed by atoms with E-state index in [0.29, 0.717) is 11.2 Å². The van der Waals surface area contributed by atoms with Gasteiger partial charge in [-0.3, -0.25) is 0 Å². The summed E-state index contributed by atoms with van der Waals surface area (Å²) in [6.07, 6.45) is 7.07. The Morgan fingerprint density at radius 2 is 1.86 bits per heavy atom. The van der Waals surface area contributed by atoms with E-state index in [0.717, 1.165) is 18.7 Å². The highest BCUT2D eigenvalue weighted by atomic mass is 32.1. The lowest BCUT2D eigenvalue weighted by atomic mass is 9.88. The molecule has 0 aliphatic heterocycles. The number of halogens is 1. The average Bonchev–Trinajstić information content (AvgIpc) is 2.20. The number of hydrogen-bond donors (Lipinski definition) is 1. The van der Waals surface area contributed by atoms with Crippen molar-refractivity contribution in [3.63, 3.8) is 0 Å². The maximum absolute atomic E-state index is 12.6. The second kappa shape index (κ2) is 4.26. The number of rotatable bonds is 1. The molecule has 1 aromatic rings. The van der Waals surface area contributed by atoms with Crippen LogP contribution in [0.2, 0.25) is 0 Å². The SMILES string of the molecule is Fc1cnc([C@H]2CCCC[C@H]2S)nc1. The molecule has 0 spiro atoms. The molecule has 1 fully saturated rings. The molecular weight excluding hydrogens is 199 g/mol. The van der Waals surface area contributed by atoms with Crippen molar-refractivity contribution in [1.82, 2.24) is 9.97 Å². The molecule has 0 N–H and O–H groups in total. The Bertz CT molecular complexity index is 301.